The number of sulfonamides is 1. The van der Waals surface area contributed by atoms with Gasteiger partial charge in [0, 0.05) is 6.54 Å². The van der Waals surface area contributed by atoms with Gasteiger partial charge in [-0.25, -0.2) is 13.1 Å². The van der Waals surface area contributed by atoms with Crippen LogP contribution in [0.2, 0.25) is 0 Å². The van der Waals surface area contributed by atoms with E-state index in [4.69, 9.17) is 10.5 Å². The second-order valence-electron chi connectivity index (χ2n) is 4.89. The summed E-state index contributed by atoms with van der Waals surface area (Å²) in [6.45, 7) is 0.485. The van der Waals surface area contributed by atoms with Crippen molar-refractivity contribution in [2.45, 2.75) is 30.6 Å². The molecule has 1 aliphatic carbocycles. The highest BCUT2D eigenvalue weighted by Crippen LogP contribution is 2.29. The number of nitrogens with one attached hydrogen (secondary N) is 1. The van der Waals surface area contributed by atoms with Crippen LogP contribution in [0.15, 0.2) is 23.1 Å². The van der Waals surface area contributed by atoms with Gasteiger partial charge < -0.3 is 10.5 Å². The monoisotopic (exact) mass is 284 g/mol. The quantitative estimate of drug-likeness (QED) is 0.780. The summed E-state index contributed by atoms with van der Waals surface area (Å²) in [4.78, 5) is 0.180. The zero-order valence-electron chi connectivity index (χ0n) is 11.1. The molecule has 3 N–H and O–H groups in total. The van der Waals surface area contributed by atoms with E-state index in [0.717, 1.165) is 6.42 Å². The molecule has 1 saturated carbocycles. The lowest BCUT2D eigenvalue weighted by molar-refractivity contribution is 0.297. The summed E-state index contributed by atoms with van der Waals surface area (Å²) in [6, 6.07) is 4.49. The van der Waals surface area contributed by atoms with Gasteiger partial charge in [0.15, 0.2) is 0 Å². The molecule has 0 amide bonds. The van der Waals surface area contributed by atoms with Gasteiger partial charge in [0.25, 0.3) is 0 Å². The second-order valence-corrected chi connectivity index (χ2v) is 6.65. The largest absolute Gasteiger partial charge is 0.495 e. The molecule has 2 rings (SSSR count). The van der Waals surface area contributed by atoms with Gasteiger partial charge in [-0.3, -0.25) is 0 Å². The Kier molecular flexibility index (Phi) is 4.31. The van der Waals surface area contributed by atoms with Crippen LogP contribution in [-0.4, -0.2) is 22.1 Å². The van der Waals surface area contributed by atoms with Crippen molar-refractivity contribution in [3.63, 3.8) is 0 Å². The summed E-state index contributed by atoms with van der Waals surface area (Å²) < 4.78 is 31.8. The first-order chi connectivity index (χ1) is 9.03. The number of benzene rings is 1. The van der Waals surface area contributed by atoms with E-state index in [-0.39, 0.29) is 4.90 Å². The predicted octanol–water partition coefficient (Wildman–Crippen LogP) is 1.75. The normalized spacial score (nSPS) is 16.1. The number of hydrogen-bond donors (Lipinski definition) is 2. The third kappa shape index (κ3) is 3.39. The molecule has 0 bridgehead atoms. The van der Waals surface area contributed by atoms with E-state index < -0.39 is 10.0 Å². The summed E-state index contributed by atoms with van der Waals surface area (Å²) in [7, 11) is -1.98. The van der Waals surface area contributed by atoms with Gasteiger partial charge in [0.05, 0.1) is 17.7 Å². The van der Waals surface area contributed by atoms with E-state index in [1.54, 1.807) is 6.07 Å². The fraction of sp³-hybridized carbons (Fsp3) is 0.538. The van der Waals surface area contributed by atoms with Crippen LogP contribution in [0.5, 0.6) is 5.75 Å². The maximum atomic E-state index is 12.1. The van der Waals surface area contributed by atoms with Gasteiger partial charge in [0.2, 0.25) is 10.0 Å². The Morgan fingerprint density at radius 2 is 2.16 bits per heavy atom. The van der Waals surface area contributed by atoms with Crippen LogP contribution in [0.1, 0.15) is 25.7 Å². The van der Waals surface area contributed by atoms with E-state index in [9.17, 15) is 8.42 Å². The topological polar surface area (TPSA) is 81.4 Å². The zero-order chi connectivity index (χ0) is 13.9. The van der Waals surface area contributed by atoms with Crippen LogP contribution in [0, 0.1) is 5.92 Å². The minimum absolute atomic E-state index is 0.180. The van der Waals surface area contributed by atoms with Crippen molar-refractivity contribution in [2.75, 3.05) is 19.4 Å². The molecule has 0 unspecified atom stereocenters. The minimum atomic E-state index is -3.47. The molecular formula is C13H20N2O3S. The number of rotatable bonds is 6. The lowest BCUT2D eigenvalue weighted by Gasteiger charge is -2.25. The fourth-order valence-corrected chi connectivity index (χ4v) is 3.22. The van der Waals surface area contributed by atoms with Crippen molar-refractivity contribution in [3.05, 3.63) is 18.2 Å². The van der Waals surface area contributed by atoms with E-state index >= 15 is 0 Å². The number of nitrogens with two attached hydrogens (primary N) is 1. The van der Waals surface area contributed by atoms with E-state index in [1.165, 1.54) is 38.5 Å². The molecule has 1 aromatic rings. The Hall–Kier alpha value is -1.27. The highest BCUT2D eigenvalue weighted by atomic mass is 32.2. The number of ether oxygens (including phenoxy) is 1. The molecule has 1 aliphatic rings. The van der Waals surface area contributed by atoms with E-state index in [1.807, 2.05) is 0 Å². The van der Waals surface area contributed by atoms with Gasteiger partial charge in [-0.1, -0.05) is 19.3 Å². The fourth-order valence-electron chi connectivity index (χ4n) is 2.14. The first-order valence-corrected chi connectivity index (χ1v) is 7.94. The first-order valence-electron chi connectivity index (χ1n) is 6.46. The molecule has 0 heterocycles. The molecule has 6 heteroatoms. The molecule has 0 spiro atoms. The van der Waals surface area contributed by atoms with Crippen LogP contribution in [0.4, 0.5) is 5.69 Å². The van der Waals surface area contributed by atoms with Crippen molar-refractivity contribution in [2.24, 2.45) is 5.92 Å². The standard InChI is InChI=1S/C13H20N2O3S/c1-18-13-6-5-11(9-12(13)14)19(16,17)15-8-7-10-3-2-4-10/h5-6,9-10,15H,2-4,7-8,14H2,1H3. The minimum Gasteiger partial charge on any atom is -0.495 e. The molecule has 0 saturated heterocycles. The summed E-state index contributed by atoms with van der Waals surface area (Å²) >= 11 is 0. The van der Waals surface area contributed by atoms with Gasteiger partial charge >= 0.3 is 0 Å². The number of hydrogen-bond acceptors (Lipinski definition) is 4. The Labute approximate surface area is 114 Å². The van der Waals surface area contributed by atoms with Gasteiger partial charge in [-0.15, -0.1) is 0 Å². The summed E-state index contributed by atoms with van der Waals surface area (Å²) in [5.74, 6) is 1.16. The highest BCUT2D eigenvalue weighted by molar-refractivity contribution is 7.89. The molecule has 5 nitrogen and oxygen atoms in total. The van der Waals surface area contributed by atoms with E-state index in [0.29, 0.717) is 23.9 Å². The van der Waals surface area contributed by atoms with Crippen molar-refractivity contribution in [1.29, 1.82) is 0 Å². The molecule has 0 radical (unpaired) electrons. The second kappa shape index (κ2) is 5.79. The van der Waals surface area contributed by atoms with Gasteiger partial charge in [-0.2, -0.15) is 0 Å². The Bertz CT molecular complexity index is 539. The SMILES string of the molecule is COc1ccc(S(=O)(=O)NCCC2CCC2)cc1N. The average molecular weight is 284 g/mol. The number of anilines is 1. The third-order valence-electron chi connectivity index (χ3n) is 3.58. The third-order valence-corrected chi connectivity index (χ3v) is 5.04. The smallest absolute Gasteiger partial charge is 0.240 e. The van der Waals surface area contributed by atoms with Crippen LogP contribution < -0.4 is 15.2 Å². The summed E-state index contributed by atoms with van der Waals surface area (Å²) in [5, 5.41) is 0. The summed E-state index contributed by atoms with van der Waals surface area (Å²) in [5.41, 5.74) is 6.04. The Balaban J connectivity index is 1.99. The van der Waals surface area contributed by atoms with Gasteiger partial charge in [-0.05, 0) is 30.5 Å². The van der Waals surface area contributed by atoms with Crippen LogP contribution in [0.25, 0.3) is 0 Å². The van der Waals surface area contributed by atoms with Crippen molar-refractivity contribution in [3.8, 4) is 5.75 Å². The molecule has 0 atom stereocenters. The number of methoxy groups -OCH3 is 1. The van der Waals surface area contributed by atoms with Crippen molar-refractivity contribution in [1.82, 2.24) is 4.72 Å². The van der Waals surface area contributed by atoms with Crippen LogP contribution >= 0.6 is 0 Å². The Morgan fingerprint density at radius 1 is 1.42 bits per heavy atom. The molecule has 106 valence electrons. The molecule has 1 fully saturated rings. The molecule has 0 aliphatic heterocycles. The summed E-state index contributed by atoms with van der Waals surface area (Å²) in [6.07, 6.45) is 4.62. The maximum Gasteiger partial charge on any atom is 0.240 e. The lowest BCUT2D eigenvalue weighted by Crippen LogP contribution is -2.27. The highest BCUT2D eigenvalue weighted by Gasteiger charge is 2.19. The van der Waals surface area contributed by atoms with Crippen LogP contribution in [-0.2, 0) is 10.0 Å². The first kappa shape index (κ1) is 14.1. The van der Waals surface area contributed by atoms with Gasteiger partial charge in [0.1, 0.15) is 5.75 Å². The van der Waals surface area contributed by atoms with Crippen LogP contribution in [0.3, 0.4) is 0 Å². The maximum absolute atomic E-state index is 12.1. The van der Waals surface area contributed by atoms with Crippen molar-refractivity contribution >= 4 is 15.7 Å². The molecule has 0 aromatic heterocycles. The molecule has 19 heavy (non-hydrogen) atoms. The van der Waals surface area contributed by atoms with Crippen molar-refractivity contribution < 1.29 is 13.2 Å². The zero-order valence-corrected chi connectivity index (χ0v) is 11.9. The predicted molar refractivity (Wildman–Crippen MR) is 74.6 cm³/mol. The number of nitrogen functional groups attached to an aromatic ring is 1. The van der Waals surface area contributed by atoms with E-state index in [2.05, 4.69) is 4.72 Å². The lowest BCUT2D eigenvalue weighted by atomic mass is 9.83. The average Bonchev–Trinajstić information content (AvgIpc) is 2.32. The molecule has 1 aromatic carbocycles. The Morgan fingerprint density at radius 3 is 2.68 bits per heavy atom. The molecular weight excluding hydrogens is 264 g/mol.